The molecule has 0 unspecified atom stereocenters. The Hall–Kier alpha value is 0.0249. The van der Waals surface area contributed by atoms with Gasteiger partial charge in [0.05, 0.1) is 0 Å². The van der Waals surface area contributed by atoms with Crippen molar-refractivity contribution in [1.29, 1.82) is 0 Å². The fourth-order valence-corrected chi connectivity index (χ4v) is 3.28. The van der Waals surface area contributed by atoms with Crippen LogP contribution in [0.3, 0.4) is 0 Å². The van der Waals surface area contributed by atoms with Crippen molar-refractivity contribution >= 4 is 6.71 Å². The lowest BCUT2D eigenvalue weighted by Crippen LogP contribution is -2.44. The van der Waals surface area contributed by atoms with Crippen LogP contribution in [0.1, 0.15) is 47.5 Å². The Kier molecular flexibility index (Phi) is 4.28. The number of hydrogen-bond donors (Lipinski definition) is 1. The van der Waals surface area contributed by atoms with Crippen molar-refractivity contribution in [2.24, 2.45) is 5.41 Å². The molecule has 0 amide bonds. The molecule has 2 heteroatoms. The zero-order valence-corrected chi connectivity index (χ0v) is 11.3. The van der Waals surface area contributed by atoms with Crippen LogP contribution < -0.4 is 5.32 Å². The van der Waals surface area contributed by atoms with Gasteiger partial charge < -0.3 is 5.32 Å². The van der Waals surface area contributed by atoms with Gasteiger partial charge in [0.1, 0.15) is 6.71 Å². The molecule has 0 radical (unpaired) electrons. The zero-order valence-electron chi connectivity index (χ0n) is 11.3. The normalized spacial score (nSPS) is 24.2. The van der Waals surface area contributed by atoms with Crippen LogP contribution in [0.5, 0.6) is 0 Å². The molecular weight excluding hydrogens is 181 g/mol. The van der Waals surface area contributed by atoms with Crippen LogP contribution in [0.15, 0.2) is 0 Å². The third-order valence-electron chi connectivity index (χ3n) is 4.35. The fraction of sp³-hybridized carbons (Fsp3) is 1.00. The maximum atomic E-state index is 3.49. The number of rotatable bonds is 1. The van der Waals surface area contributed by atoms with Crippen LogP contribution in [-0.2, 0) is 0 Å². The van der Waals surface area contributed by atoms with Crippen molar-refractivity contribution in [3.63, 3.8) is 0 Å². The van der Waals surface area contributed by atoms with E-state index in [0.29, 0.717) is 10.7 Å². The first kappa shape index (κ1) is 13.1. The minimum atomic E-state index is 0.510. The van der Waals surface area contributed by atoms with E-state index in [9.17, 15) is 0 Å². The quantitative estimate of drug-likeness (QED) is 0.649. The van der Waals surface area contributed by atoms with Gasteiger partial charge in [-0.3, -0.25) is 0 Å². The minimum Gasteiger partial charge on any atom is -0.317 e. The molecule has 0 aromatic carbocycles. The molecule has 0 aromatic heterocycles. The smallest absolute Gasteiger partial charge is 0.146 e. The maximum Gasteiger partial charge on any atom is 0.146 e. The third kappa shape index (κ3) is 2.58. The number of nitrogens with one attached hydrogen (secondary N) is 1. The van der Waals surface area contributed by atoms with E-state index in [2.05, 4.69) is 26.1 Å². The highest BCUT2D eigenvalue weighted by molar-refractivity contribution is 6.72. The predicted octanol–water partition coefficient (Wildman–Crippen LogP) is 3.69. The molecule has 2 aliphatic rings. The van der Waals surface area contributed by atoms with Crippen molar-refractivity contribution < 1.29 is 0 Å². The molecule has 2 aliphatic heterocycles. The van der Waals surface area contributed by atoms with Gasteiger partial charge >= 0.3 is 0 Å². The van der Waals surface area contributed by atoms with E-state index in [0.717, 1.165) is 6.71 Å². The Morgan fingerprint density at radius 2 is 1.47 bits per heavy atom. The topological polar surface area (TPSA) is 12.0 Å². The van der Waals surface area contributed by atoms with Gasteiger partial charge in [-0.15, -0.1) is 0 Å². The van der Waals surface area contributed by atoms with Gasteiger partial charge in [-0.1, -0.05) is 47.3 Å². The van der Waals surface area contributed by atoms with Crippen molar-refractivity contribution in [2.75, 3.05) is 13.1 Å². The molecule has 15 heavy (non-hydrogen) atoms. The summed E-state index contributed by atoms with van der Waals surface area (Å²) in [4.78, 5) is 0. The van der Waals surface area contributed by atoms with Crippen LogP contribution >= 0.6 is 0 Å². The summed E-state index contributed by atoms with van der Waals surface area (Å²) >= 11 is 0. The molecule has 0 saturated carbocycles. The first-order valence-electron chi connectivity index (χ1n) is 6.77. The first-order chi connectivity index (χ1) is 7.06. The second kappa shape index (κ2) is 4.90. The monoisotopic (exact) mass is 209 g/mol. The van der Waals surface area contributed by atoms with Crippen molar-refractivity contribution in [3.8, 4) is 0 Å². The van der Waals surface area contributed by atoms with E-state index in [-0.39, 0.29) is 0 Å². The minimum absolute atomic E-state index is 0.510. The van der Waals surface area contributed by atoms with Gasteiger partial charge in [-0.2, -0.15) is 0 Å². The highest BCUT2D eigenvalue weighted by Gasteiger charge is 2.54. The predicted molar refractivity (Wildman–Crippen MR) is 71.0 cm³/mol. The summed E-state index contributed by atoms with van der Waals surface area (Å²) in [5, 5.41) is 4.16. The molecule has 0 bridgehead atoms. The Balaban J connectivity index is 0.000000531. The molecule has 2 fully saturated rings. The molecular formula is C13H28BN. The molecule has 2 heterocycles. The standard InChI is InChI=1S/C11H22BN.C2H6/c1-10(2,3)11(12-6-7-12)4-8-13-9-5-11;1-2/h13H,4-9H2,1-3H3;1-2H3. The molecule has 2 saturated heterocycles. The lowest BCUT2D eigenvalue weighted by Gasteiger charge is -2.48. The van der Waals surface area contributed by atoms with Crippen molar-refractivity contribution in [2.45, 2.75) is 65.4 Å². The van der Waals surface area contributed by atoms with Crippen molar-refractivity contribution in [3.05, 3.63) is 0 Å². The van der Waals surface area contributed by atoms with E-state index >= 15 is 0 Å². The Morgan fingerprint density at radius 3 is 1.80 bits per heavy atom. The molecule has 0 aliphatic carbocycles. The summed E-state index contributed by atoms with van der Waals surface area (Å²) in [6.07, 6.45) is 5.80. The largest absolute Gasteiger partial charge is 0.317 e. The molecule has 1 N–H and O–H groups in total. The van der Waals surface area contributed by atoms with E-state index in [4.69, 9.17) is 0 Å². The van der Waals surface area contributed by atoms with Crippen LogP contribution in [0.2, 0.25) is 18.0 Å². The van der Waals surface area contributed by atoms with Gasteiger partial charge in [-0.05, 0) is 36.7 Å². The maximum absolute atomic E-state index is 3.49. The van der Waals surface area contributed by atoms with E-state index < -0.39 is 0 Å². The highest BCUT2D eigenvalue weighted by atomic mass is 14.9. The average molecular weight is 209 g/mol. The molecule has 88 valence electrons. The summed E-state index contributed by atoms with van der Waals surface area (Å²) in [7, 11) is 0. The number of piperidine rings is 1. The SMILES string of the molecule is CC.CC(C)(C)C1(B2CC2)CCNCC1. The zero-order chi connectivity index (χ0) is 11.5. The summed E-state index contributed by atoms with van der Waals surface area (Å²) in [5.74, 6) is 0. The average Bonchev–Trinajstić information content (AvgIpc) is 3.04. The number of hydrogen-bond acceptors (Lipinski definition) is 1. The Bertz CT molecular complexity index is 185. The fourth-order valence-electron chi connectivity index (χ4n) is 3.28. The molecule has 0 aromatic rings. The van der Waals surface area contributed by atoms with Gasteiger partial charge in [0.2, 0.25) is 0 Å². The van der Waals surface area contributed by atoms with Gasteiger partial charge in [0.25, 0.3) is 0 Å². The van der Waals surface area contributed by atoms with E-state index in [1.54, 1.807) is 0 Å². The lowest BCUT2D eigenvalue weighted by atomic mass is 9.36. The second-order valence-electron chi connectivity index (χ2n) is 5.93. The Labute approximate surface area is 96.5 Å². The molecule has 2 rings (SSSR count). The van der Waals surface area contributed by atoms with E-state index in [1.165, 1.54) is 38.6 Å². The first-order valence-corrected chi connectivity index (χ1v) is 6.77. The summed E-state index contributed by atoms with van der Waals surface area (Å²) < 4.78 is 0. The lowest BCUT2D eigenvalue weighted by molar-refractivity contribution is 0.203. The van der Waals surface area contributed by atoms with Gasteiger partial charge in [-0.25, -0.2) is 0 Å². The van der Waals surface area contributed by atoms with Crippen molar-refractivity contribution in [1.82, 2.24) is 5.32 Å². The van der Waals surface area contributed by atoms with E-state index in [1.807, 2.05) is 13.8 Å². The van der Waals surface area contributed by atoms with Crippen LogP contribution in [-0.4, -0.2) is 19.8 Å². The molecule has 0 atom stereocenters. The molecule has 0 spiro atoms. The van der Waals surface area contributed by atoms with Crippen LogP contribution in [0, 0.1) is 5.41 Å². The van der Waals surface area contributed by atoms with Gasteiger partial charge in [0.15, 0.2) is 0 Å². The third-order valence-corrected chi connectivity index (χ3v) is 4.35. The van der Waals surface area contributed by atoms with Gasteiger partial charge in [0, 0.05) is 0 Å². The summed E-state index contributed by atoms with van der Waals surface area (Å²) in [5.41, 5.74) is 0.510. The second-order valence-corrected chi connectivity index (χ2v) is 5.93. The van der Waals surface area contributed by atoms with Crippen LogP contribution in [0.25, 0.3) is 0 Å². The summed E-state index contributed by atoms with van der Waals surface area (Å²) in [6, 6.07) is 0. The Morgan fingerprint density at radius 1 is 1.00 bits per heavy atom. The highest BCUT2D eigenvalue weighted by Crippen LogP contribution is 2.60. The summed E-state index contributed by atoms with van der Waals surface area (Å²) in [6.45, 7) is 14.9. The molecule has 1 nitrogen and oxygen atoms in total. The van der Waals surface area contributed by atoms with Crippen LogP contribution in [0.4, 0.5) is 0 Å².